The summed E-state index contributed by atoms with van der Waals surface area (Å²) in [6, 6.07) is 7.64. The van der Waals surface area contributed by atoms with E-state index in [0.29, 0.717) is 25.0 Å². The first kappa shape index (κ1) is 27.9. The van der Waals surface area contributed by atoms with Crippen LogP contribution in [-0.4, -0.2) is 54.5 Å². The first-order chi connectivity index (χ1) is 17.9. The molecular formula is C26H28F4N4O3S. The van der Waals surface area contributed by atoms with Crippen molar-refractivity contribution in [2.24, 2.45) is 0 Å². The lowest BCUT2D eigenvalue weighted by atomic mass is 9.78. The van der Waals surface area contributed by atoms with E-state index in [4.69, 9.17) is 4.74 Å². The number of aryl methyl sites for hydroxylation is 1. The van der Waals surface area contributed by atoms with E-state index >= 15 is 0 Å². The number of hydrogen-bond acceptors (Lipinski definition) is 7. The summed E-state index contributed by atoms with van der Waals surface area (Å²) in [5, 5.41) is 0. The number of nitrogens with zero attached hydrogens (tertiary/aromatic N) is 4. The number of pyridine rings is 1. The third-order valence-corrected chi connectivity index (χ3v) is 8.57. The van der Waals surface area contributed by atoms with Crippen molar-refractivity contribution in [3.63, 3.8) is 0 Å². The fourth-order valence-corrected chi connectivity index (χ4v) is 6.40. The Balaban J connectivity index is 1.50. The average Bonchev–Trinajstić information content (AvgIpc) is 2.84. The van der Waals surface area contributed by atoms with Crippen LogP contribution in [0.15, 0.2) is 53.8 Å². The summed E-state index contributed by atoms with van der Waals surface area (Å²) in [4.78, 5) is 14.1. The third kappa shape index (κ3) is 6.12. The van der Waals surface area contributed by atoms with E-state index in [-0.39, 0.29) is 39.9 Å². The van der Waals surface area contributed by atoms with Gasteiger partial charge in [-0.15, -0.1) is 0 Å². The van der Waals surface area contributed by atoms with E-state index in [1.54, 1.807) is 6.92 Å². The zero-order chi connectivity index (χ0) is 27.7. The van der Waals surface area contributed by atoms with Crippen LogP contribution in [0.4, 0.5) is 17.6 Å². The predicted octanol–water partition coefficient (Wildman–Crippen LogP) is 4.96. The van der Waals surface area contributed by atoms with Gasteiger partial charge in [0.1, 0.15) is 18.2 Å². The van der Waals surface area contributed by atoms with E-state index in [1.165, 1.54) is 42.9 Å². The Hall–Kier alpha value is -3.12. The second-order valence-electron chi connectivity index (χ2n) is 9.60. The molecule has 3 atom stereocenters. The molecule has 0 aliphatic heterocycles. The second-order valence-corrected chi connectivity index (χ2v) is 11.6. The quantitative estimate of drug-likeness (QED) is 0.383. The van der Waals surface area contributed by atoms with Crippen LogP contribution in [0.5, 0.6) is 5.88 Å². The van der Waals surface area contributed by atoms with Crippen molar-refractivity contribution in [2.45, 2.75) is 61.1 Å². The lowest BCUT2D eigenvalue weighted by Crippen LogP contribution is -2.46. The molecule has 12 heteroatoms. The molecule has 0 saturated heterocycles. The zero-order valence-electron chi connectivity index (χ0n) is 21.1. The molecule has 0 radical (unpaired) electrons. The molecule has 1 fully saturated rings. The van der Waals surface area contributed by atoms with E-state index in [0.717, 1.165) is 6.07 Å². The number of alkyl halides is 3. The number of benzene rings is 1. The van der Waals surface area contributed by atoms with E-state index in [2.05, 4.69) is 15.0 Å². The van der Waals surface area contributed by atoms with Gasteiger partial charge in [0, 0.05) is 18.3 Å². The Morgan fingerprint density at radius 2 is 1.87 bits per heavy atom. The monoisotopic (exact) mass is 552 g/mol. The smallest absolute Gasteiger partial charge is 0.419 e. The number of rotatable bonds is 7. The molecule has 0 unspecified atom stereocenters. The van der Waals surface area contributed by atoms with Crippen molar-refractivity contribution in [1.82, 2.24) is 19.9 Å². The number of likely N-dealkylation sites (N-methyl/N-ethyl adjacent to an activating group) is 1. The molecule has 2 aromatic heterocycles. The van der Waals surface area contributed by atoms with Gasteiger partial charge in [0.15, 0.2) is 9.84 Å². The lowest BCUT2D eigenvalue weighted by Gasteiger charge is -2.39. The van der Waals surface area contributed by atoms with Crippen LogP contribution < -0.4 is 4.74 Å². The van der Waals surface area contributed by atoms with Gasteiger partial charge in [-0.2, -0.15) is 13.2 Å². The predicted molar refractivity (Wildman–Crippen MR) is 132 cm³/mol. The number of sulfone groups is 1. The van der Waals surface area contributed by atoms with E-state index in [9.17, 15) is 26.0 Å². The summed E-state index contributed by atoms with van der Waals surface area (Å²) in [5.74, 6) is -1.69. The first-order valence-electron chi connectivity index (χ1n) is 12.0. The Morgan fingerprint density at radius 1 is 1.11 bits per heavy atom. The largest absolute Gasteiger partial charge is 0.473 e. The summed E-state index contributed by atoms with van der Waals surface area (Å²) < 4.78 is 86.4. The summed E-state index contributed by atoms with van der Waals surface area (Å²) in [7, 11) is -0.0528. The van der Waals surface area contributed by atoms with Crippen molar-refractivity contribution in [3.05, 3.63) is 77.3 Å². The highest BCUT2D eigenvalue weighted by Gasteiger charge is 2.39. The number of aromatic nitrogens is 3. The second kappa shape index (κ2) is 10.9. The fourth-order valence-electron chi connectivity index (χ4n) is 4.92. The molecule has 2 heterocycles. The normalized spacial score (nSPS) is 20.5. The molecule has 4 rings (SSSR count). The Kier molecular flexibility index (Phi) is 8.03. The molecule has 1 saturated carbocycles. The highest BCUT2D eigenvalue weighted by Crippen LogP contribution is 2.40. The van der Waals surface area contributed by atoms with Crippen molar-refractivity contribution in [3.8, 4) is 5.88 Å². The molecule has 1 aliphatic carbocycles. The average molecular weight is 553 g/mol. The highest BCUT2D eigenvalue weighted by atomic mass is 32.2. The molecule has 0 spiro atoms. The molecule has 1 aliphatic rings. The zero-order valence-corrected chi connectivity index (χ0v) is 21.9. The first-order valence-corrected chi connectivity index (χ1v) is 13.7. The highest BCUT2D eigenvalue weighted by molar-refractivity contribution is 7.90. The summed E-state index contributed by atoms with van der Waals surface area (Å²) in [6.07, 6.45) is -1.11. The van der Waals surface area contributed by atoms with Crippen molar-refractivity contribution in [2.75, 3.05) is 14.1 Å². The van der Waals surface area contributed by atoms with Crippen molar-refractivity contribution in [1.29, 1.82) is 0 Å². The molecule has 204 valence electrons. The van der Waals surface area contributed by atoms with Gasteiger partial charge >= 0.3 is 6.18 Å². The van der Waals surface area contributed by atoms with Crippen molar-refractivity contribution < 1.29 is 30.7 Å². The SMILES string of the molecule is Cc1nc(O[C@H]2CC[C@H](c3cccc(C(F)(F)F)c3F)C[C@@H]2N(C)C)ccc1S(=O)(=O)Cc1ccncn1. The Morgan fingerprint density at radius 3 is 2.50 bits per heavy atom. The molecule has 7 nitrogen and oxygen atoms in total. The van der Waals surface area contributed by atoms with Crippen LogP contribution in [-0.2, 0) is 21.8 Å². The van der Waals surface area contributed by atoms with Crippen LogP contribution in [0.2, 0.25) is 0 Å². The molecule has 1 aromatic carbocycles. The van der Waals surface area contributed by atoms with Gasteiger partial charge in [0.25, 0.3) is 0 Å². The Bertz CT molecular complexity index is 1380. The standard InChI is InChI=1S/C26H28F4N4O3S/c1-16-23(38(35,36)14-18-11-12-31-15-32-18)9-10-24(33-16)37-22-8-7-17(13-21(22)34(2)3)19-5-4-6-20(25(19)27)26(28,29)30/h4-6,9-12,15,17,21-22H,7-8,13-14H2,1-3H3/t17-,21-,22-/m0/s1. The fraction of sp³-hybridized carbons (Fsp3) is 0.423. The van der Waals surface area contributed by atoms with Crippen LogP contribution in [0, 0.1) is 12.7 Å². The maximum Gasteiger partial charge on any atom is 0.419 e. The third-order valence-electron chi connectivity index (χ3n) is 6.79. The minimum Gasteiger partial charge on any atom is -0.473 e. The lowest BCUT2D eigenvalue weighted by molar-refractivity contribution is -0.140. The Labute approximate surface area is 218 Å². The maximum atomic E-state index is 14.8. The van der Waals surface area contributed by atoms with Crippen LogP contribution in [0.3, 0.4) is 0 Å². The molecule has 0 N–H and O–H groups in total. The van der Waals surface area contributed by atoms with E-state index in [1.807, 2.05) is 19.0 Å². The minimum atomic E-state index is -4.76. The van der Waals surface area contributed by atoms with Crippen LogP contribution in [0.25, 0.3) is 0 Å². The van der Waals surface area contributed by atoms with Gasteiger partial charge in [0.2, 0.25) is 5.88 Å². The summed E-state index contributed by atoms with van der Waals surface area (Å²) in [5.41, 5.74) is -0.568. The van der Waals surface area contributed by atoms with Gasteiger partial charge < -0.3 is 9.64 Å². The summed E-state index contributed by atoms with van der Waals surface area (Å²) in [6.45, 7) is 1.58. The van der Waals surface area contributed by atoms with E-state index < -0.39 is 33.3 Å². The van der Waals surface area contributed by atoms with Gasteiger partial charge in [-0.05, 0) is 70.0 Å². The number of hydrogen-bond donors (Lipinski definition) is 0. The molecular weight excluding hydrogens is 524 g/mol. The number of ether oxygens (including phenoxy) is 1. The topological polar surface area (TPSA) is 85.3 Å². The summed E-state index contributed by atoms with van der Waals surface area (Å²) >= 11 is 0. The molecule has 0 amide bonds. The van der Waals surface area contributed by atoms with Crippen LogP contribution >= 0.6 is 0 Å². The molecule has 38 heavy (non-hydrogen) atoms. The number of halogens is 4. The molecule has 3 aromatic rings. The van der Waals surface area contributed by atoms with Crippen LogP contribution in [0.1, 0.15) is 47.7 Å². The van der Waals surface area contributed by atoms with Gasteiger partial charge in [-0.25, -0.2) is 27.8 Å². The minimum absolute atomic E-state index is 0.0531. The van der Waals surface area contributed by atoms with Gasteiger partial charge in [-0.3, -0.25) is 0 Å². The van der Waals surface area contributed by atoms with Gasteiger partial charge in [0.05, 0.1) is 27.6 Å². The van der Waals surface area contributed by atoms with Crippen molar-refractivity contribution >= 4 is 9.84 Å². The van der Waals surface area contributed by atoms with Gasteiger partial charge in [-0.1, -0.05) is 12.1 Å². The maximum absolute atomic E-state index is 14.8. The molecule has 0 bridgehead atoms.